The quantitative estimate of drug-likeness (QED) is 0.230. The Balaban J connectivity index is 2.30. The first-order valence-corrected chi connectivity index (χ1v) is 0.811. The second-order valence-electron chi connectivity index (χ2n) is 0.263. The Labute approximate surface area is 24.3 Å². The van der Waals surface area contributed by atoms with Crippen LogP contribution in [0.2, 0.25) is 0 Å². The van der Waals surface area contributed by atoms with Crippen LogP contribution in [-0.4, -0.2) is 0 Å². The lowest BCUT2D eigenvalue weighted by Crippen LogP contribution is -1.94. The molecule has 0 unspecified atom stereocenters. The molecule has 0 fully saturated rings. The zero-order chi connectivity index (χ0) is 3.41. The van der Waals surface area contributed by atoms with Crippen molar-refractivity contribution in [1.82, 2.24) is 0 Å². The van der Waals surface area contributed by atoms with E-state index in [4.69, 9.17) is 5.26 Å². The molecule has 0 atom stereocenters. The summed E-state index contributed by atoms with van der Waals surface area (Å²) in [7, 11) is 0. The summed E-state index contributed by atoms with van der Waals surface area (Å²) >= 11 is 0. The number of rotatable bonds is 1. The average molecular weight is 59.0 g/mol. The zero-order valence-corrected chi connectivity index (χ0v) is 2.10. The monoisotopic (exact) mass is 59.0 g/mol. The largest absolute Gasteiger partial charge is 0.664 e. The van der Waals surface area contributed by atoms with Gasteiger partial charge in [0.15, 0.2) is 0 Å². The van der Waals surface area contributed by atoms with Gasteiger partial charge in [-0.05, 0) is 0 Å². The van der Waals surface area contributed by atoms with Gasteiger partial charge in [-0.15, -0.1) is 0 Å². The van der Waals surface area contributed by atoms with E-state index in [-0.39, 0.29) is 0 Å². The van der Waals surface area contributed by atoms with Crippen LogP contribution in [0.15, 0.2) is 12.8 Å². The molecule has 0 bridgehead atoms. The maximum absolute atomic E-state index is 8.68. The van der Waals surface area contributed by atoms with Gasteiger partial charge in [-0.1, -0.05) is 6.58 Å². The van der Waals surface area contributed by atoms with Gasteiger partial charge in [-0.25, -0.2) is 0 Å². The minimum Gasteiger partial charge on any atom is -0.664 e. The summed E-state index contributed by atoms with van der Waals surface area (Å²) in [6.07, 6.45) is 0.819. The van der Waals surface area contributed by atoms with E-state index in [0.717, 1.165) is 6.26 Å². The summed E-state index contributed by atoms with van der Waals surface area (Å²) in [4.78, 5) is 3.06. The van der Waals surface area contributed by atoms with Crippen LogP contribution in [0.4, 0.5) is 0 Å². The summed E-state index contributed by atoms with van der Waals surface area (Å²) in [5.41, 5.74) is 0. The molecular formula is C2H3O2-. The highest BCUT2D eigenvalue weighted by atomic mass is 17.1. The van der Waals surface area contributed by atoms with E-state index in [1.807, 2.05) is 0 Å². The minimum atomic E-state index is 0.819. The van der Waals surface area contributed by atoms with Crippen molar-refractivity contribution in [3.8, 4) is 0 Å². The van der Waals surface area contributed by atoms with Crippen molar-refractivity contribution < 1.29 is 10.1 Å². The van der Waals surface area contributed by atoms with Gasteiger partial charge in [0.1, 0.15) is 0 Å². The molecule has 0 amide bonds. The zero-order valence-electron chi connectivity index (χ0n) is 2.10. The highest BCUT2D eigenvalue weighted by molar-refractivity contribution is 4.40. The lowest BCUT2D eigenvalue weighted by atomic mass is 11.2. The van der Waals surface area contributed by atoms with Gasteiger partial charge in [0.05, 0.1) is 6.26 Å². The first-order chi connectivity index (χ1) is 1.91. The van der Waals surface area contributed by atoms with E-state index in [2.05, 4.69) is 11.5 Å². The maximum Gasteiger partial charge on any atom is 0.0667 e. The Bertz CT molecular complexity index is 18.0. The van der Waals surface area contributed by atoms with Crippen molar-refractivity contribution in [2.75, 3.05) is 0 Å². The molecule has 0 N–H and O–H groups in total. The van der Waals surface area contributed by atoms with E-state index in [1.54, 1.807) is 0 Å². The van der Waals surface area contributed by atoms with E-state index in [1.165, 1.54) is 0 Å². The molecule has 0 radical (unpaired) electrons. The molecule has 0 aliphatic carbocycles. The minimum absolute atomic E-state index is 0.819. The summed E-state index contributed by atoms with van der Waals surface area (Å²) in [5.74, 6) is 0. The van der Waals surface area contributed by atoms with Gasteiger partial charge in [0.2, 0.25) is 0 Å². The first-order valence-electron chi connectivity index (χ1n) is 0.811. The second kappa shape index (κ2) is 2.50. The van der Waals surface area contributed by atoms with Crippen LogP contribution in [0.1, 0.15) is 0 Å². The van der Waals surface area contributed by atoms with Crippen LogP contribution in [0, 0.1) is 0 Å². The molecule has 0 saturated carbocycles. The molecule has 0 saturated heterocycles. The fraction of sp³-hybridized carbons (Fsp3) is 0. The van der Waals surface area contributed by atoms with E-state index in [9.17, 15) is 0 Å². The third kappa shape index (κ3) is 1.50. The van der Waals surface area contributed by atoms with Gasteiger partial charge in [0, 0.05) is 0 Å². The molecule has 2 heteroatoms. The second-order valence-corrected chi connectivity index (χ2v) is 0.263. The van der Waals surface area contributed by atoms with Crippen LogP contribution in [-0.2, 0) is 4.89 Å². The summed E-state index contributed by atoms with van der Waals surface area (Å²) < 4.78 is 0. The third-order valence-corrected chi connectivity index (χ3v) is 0.0680. The topological polar surface area (TPSA) is 32.3 Å². The van der Waals surface area contributed by atoms with Crippen molar-refractivity contribution in [3.05, 3.63) is 12.8 Å². The fourth-order valence-electron chi connectivity index (χ4n) is 0. The Hall–Kier alpha value is -0.500. The molecule has 2 nitrogen and oxygen atoms in total. The number of hydrogen-bond acceptors (Lipinski definition) is 2. The lowest BCUT2D eigenvalue weighted by molar-refractivity contribution is -0.665. The molecule has 0 aromatic carbocycles. The summed E-state index contributed by atoms with van der Waals surface area (Å²) in [6.45, 7) is 2.94. The molecule has 4 heavy (non-hydrogen) atoms. The van der Waals surface area contributed by atoms with Crippen LogP contribution in [0.5, 0.6) is 0 Å². The van der Waals surface area contributed by atoms with Crippen LogP contribution >= 0.6 is 0 Å². The maximum atomic E-state index is 8.68. The standard InChI is InChI=1S/C2H4O2/c1-2-4-3/h2-3H,1H2/p-1. The lowest BCUT2D eigenvalue weighted by Gasteiger charge is -1.93. The summed E-state index contributed by atoms with van der Waals surface area (Å²) in [6, 6.07) is 0. The summed E-state index contributed by atoms with van der Waals surface area (Å²) in [5, 5.41) is 8.68. The third-order valence-electron chi connectivity index (χ3n) is 0.0680. The van der Waals surface area contributed by atoms with Gasteiger partial charge in [-0.3, -0.25) is 0 Å². The molecule has 0 heterocycles. The van der Waals surface area contributed by atoms with Crippen LogP contribution < -0.4 is 5.26 Å². The smallest absolute Gasteiger partial charge is 0.0667 e. The highest BCUT2D eigenvalue weighted by Crippen LogP contribution is 1.44. The predicted molar refractivity (Wildman–Crippen MR) is 11.3 cm³/mol. The molecule has 0 aliphatic heterocycles. The fourth-order valence-corrected chi connectivity index (χ4v) is 0. The number of hydrogen-bond donors (Lipinski definition) is 0. The Morgan fingerprint density at radius 1 is 2.00 bits per heavy atom. The molecule has 0 rings (SSSR count). The van der Waals surface area contributed by atoms with Crippen molar-refractivity contribution in [1.29, 1.82) is 0 Å². The average Bonchev–Trinajstić information content (AvgIpc) is 1.37. The van der Waals surface area contributed by atoms with Crippen molar-refractivity contribution in [2.45, 2.75) is 0 Å². The predicted octanol–water partition coefficient (Wildman–Crippen LogP) is -0.578. The van der Waals surface area contributed by atoms with E-state index < -0.39 is 0 Å². The Kier molecular flexibility index (Phi) is 2.19. The molecule has 0 spiro atoms. The Morgan fingerprint density at radius 3 is 2.25 bits per heavy atom. The van der Waals surface area contributed by atoms with E-state index in [0.29, 0.717) is 0 Å². The van der Waals surface area contributed by atoms with Gasteiger partial charge in [-0.2, -0.15) is 0 Å². The van der Waals surface area contributed by atoms with Crippen LogP contribution in [0.25, 0.3) is 0 Å². The van der Waals surface area contributed by atoms with Crippen molar-refractivity contribution >= 4 is 0 Å². The van der Waals surface area contributed by atoms with E-state index >= 15 is 0 Å². The van der Waals surface area contributed by atoms with Crippen molar-refractivity contribution in [2.24, 2.45) is 0 Å². The molecular weight excluding hydrogens is 56.0 g/mol. The van der Waals surface area contributed by atoms with Gasteiger partial charge >= 0.3 is 0 Å². The molecule has 0 aliphatic rings. The molecule has 24 valence electrons. The first kappa shape index (κ1) is 3.50. The molecule has 0 aromatic heterocycles. The van der Waals surface area contributed by atoms with Crippen molar-refractivity contribution in [3.63, 3.8) is 0 Å². The van der Waals surface area contributed by atoms with Gasteiger partial charge < -0.3 is 10.1 Å². The van der Waals surface area contributed by atoms with Crippen LogP contribution in [0.3, 0.4) is 0 Å². The normalized spacial score (nSPS) is 5.25. The SMILES string of the molecule is C=CO[O-]. The van der Waals surface area contributed by atoms with Gasteiger partial charge in [0.25, 0.3) is 0 Å². The Morgan fingerprint density at radius 2 is 2.25 bits per heavy atom. The molecule has 0 aromatic rings. The highest BCUT2D eigenvalue weighted by Gasteiger charge is 1.24.